The average Bonchev–Trinajstić information content (AvgIpc) is 3.23. The maximum atomic E-state index is 11.1. The van der Waals surface area contributed by atoms with Gasteiger partial charge in [0.15, 0.2) is 0 Å². The van der Waals surface area contributed by atoms with Crippen LogP contribution in [0.1, 0.15) is 36.8 Å². The van der Waals surface area contributed by atoms with Crippen molar-refractivity contribution >= 4 is 17.5 Å². The largest absolute Gasteiger partial charge is 0.463 e. The number of benzene rings is 2. The summed E-state index contributed by atoms with van der Waals surface area (Å²) < 4.78 is 6.66. The molecule has 0 N–H and O–H groups in total. The molecule has 0 aromatic heterocycles. The summed E-state index contributed by atoms with van der Waals surface area (Å²) in [7, 11) is 2.09. The zero-order valence-corrected chi connectivity index (χ0v) is 14.6. The Morgan fingerprint density at radius 1 is 1.15 bits per heavy atom. The van der Waals surface area contributed by atoms with Crippen molar-refractivity contribution < 1.29 is 9.66 Å². The van der Waals surface area contributed by atoms with E-state index in [1.54, 1.807) is 12.1 Å². The van der Waals surface area contributed by atoms with Crippen LogP contribution in [0.4, 0.5) is 11.4 Å². The number of ether oxygens (including phenoxy) is 1. The zero-order chi connectivity index (χ0) is 17.9. The normalized spacial score (nSPS) is 24.6. The van der Waals surface area contributed by atoms with Crippen LogP contribution in [0.25, 0.3) is 6.08 Å². The molecule has 1 aliphatic carbocycles. The first-order chi connectivity index (χ1) is 12.6. The number of fused-ring (bicyclic) bond motifs is 4. The fraction of sp³-hybridized carbons (Fsp3) is 0.333. The second-order valence-electron chi connectivity index (χ2n) is 7.48. The molecule has 1 fully saturated rings. The van der Waals surface area contributed by atoms with Gasteiger partial charge < -0.3 is 9.64 Å². The Hall–Kier alpha value is -2.82. The molecule has 132 valence electrons. The van der Waals surface area contributed by atoms with E-state index >= 15 is 0 Å². The molecule has 0 amide bonds. The van der Waals surface area contributed by atoms with E-state index in [0.717, 1.165) is 18.4 Å². The molecule has 5 nitrogen and oxygen atoms in total. The van der Waals surface area contributed by atoms with Crippen molar-refractivity contribution in [2.75, 3.05) is 11.9 Å². The van der Waals surface area contributed by atoms with Gasteiger partial charge in [0.25, 0.3) is 5.69 Å². The van der Waals surface area contributed by atoms with Gasteiger partial charge in [-0.25, -0.2) is 0 Å². The summed E-state index contributed by atoms with van der Waals surface area (Å²) in [5, 5.41) is 11.1. The van der Waals surface area contributed by atoms with Gasteiger partial charge in [0.2, 0.25) is 5.72 Å². The lowest BCUT2D eigenvalue weighted by molar-refractivity contribution is -0.384. The molecule has 5 rings (SSSR count). The molecule has 5 heteroatoms. The maximum absolute atomic E-state index is 11.1. The minimum Gasteiger partial charge on any atom is -0.463 e. The van der Waals surface area contributed by atoms with E-state index in [1.165, 1.54) is 30.2 Å². The van der Waals surface area contributed by atoms with Gasteiger partial charge in [0, 0.05) is 30.4 Å². The first-order valence-electron chi connectivity index (χ1n) is 9.07. The molecule has 0 bridgehead atoms. The SMILES string of the molecule is CN1c2ccccc2C2(CCCC2)C12C=Cc1cc([N+](=O)[O-])ccc1O2. The quantitative estimate of drug-likeness (QED) is 0.556. The Bertz CT molecular complexity index is 946. The van der Waals surface area contributed by atoms with E-state index in [-0.39, 0.29) is 16.0 Å². The second-order valence-corrected chi connectivity index (χ2v) is 7.48. The van der Waals surface area contributed by atoms with Gasteiger partial charge in [-0.15, -0.1) is 0 Å². The standard InChI is InChI=1S/C21H20N2O3/c1-22-18-7-3-2-6-17(18)20(11-4-5-12-20)21(22)13-10-15-14-16(23(24)25)8-9-19(15)26-21/h2-3,6-10,13-14H,4-5,11-12H2,1H3. The number of likely N-dealkylation sites (N-methyl/N-ethyl adjacent to an activating group) is 1. The van der Waals surface area contributed by atoms with Gasteiger partial charge in [0.05, 0.1) is 10.3 Å². The summed E-state index contributed by atoms with van der Waals surface area (Å²) in [6.45, 7) is 0. The first kappa shape index (κ1) is 15.4. The van der Waals surface area contributed by atoms with Crippen LogP contribution in [0.3, 0.4) is 0 Å². The number of hydrogen-bond donors (Lipinski definition) is 0. The molecule has 1 unspecified atom stereocenters. The first-order valence-corrected chi connectivity index (χ1v) is 9.07. The van der Waals surface area contributed by atoms with Gasteiger partial charge in [-0.2, -0.15) is 0 Å². The molecule has 0 saturated heterocycles. The third-order valence-corrected chi connectivity index (χ3v) is 6.38. The fourth-order valence-electron chi connectivity index (χ4n) is 5.18. The molecule has 2 aromatic carbocycles. The van der Waals surface area contributed by atoms with E-state index in [2.05, 4.69) is 42.3 Å². The number of para-hydroxylation sites is 1. The molecule has 0 radical (unpaired) electrons. The molecule has 1 atom stereocenters. The Morgan fingerprint density at radius 2 is 1.92 bits per heavy atom. The lowest BCUT2D eigenvalue weighted by Crippen LogP contribution is -2.59. The van der Waals surface area contributed by atoms with Crippen molar-refractivity contribution in [2.45, 2.75) is 36.8 Å². The van der Waals surface area contributed by atoms with E-state index in [9.17, 15) is 10.1 Å². The van der Waals surface area contributed by atoms with Crippen LogP contribution >= 0.6 is 0 Å². The lowest BCUT2D eigenvalue weighted by atomic mass is 9.71. The minimum absolute atomic E-state index is 0.0751. The number of nitro benzene ring substituents is 1. The van der Waals surface area contributed by atoms with E-state index in [0.29, 0.717) is 5.75 Å². The average molecular weight is 348 g/mol. The molecule has 2 spiro atoms. The highest BCUT2D eigenvalue weighted by Gasteiger charge is 2.63. The highest BCUT2D eigenvalue weighted by Crippen LogP contribution is 2.61. The number of nitro groups is 1. The van der Waals surface area contributed by atoms with Crippen LogP contribution in [0.5, 0.6) is 5.75 Å². The Morgan fingerprint density at radius 3 is 2.69 bits per heavy atom. The van der Waals surface area contributed by atoms with Crippen LogP contribution in [0.15, 0.2) is 48.5 Å². The summed E-state index contributed by atoms with van der Waals surface area (Å²) in [6, 6.07) is 13.4. The molecular weight excluding hydrogens is 328 g/mol. The number of anilines is 1. The smallest absolute Gasteiger partial charge is 0.270 e. The van der Waals surface area contributed by atoms with Crippen molar-refractivity contribution in [3.8, 4) is 5.75 Å². The van der Waals surface area contributed by atoms with Gasteiger partial charge in [-0.1, -0.05) is 31.0 Å². The maximum Gasteiger partial charge on any atom is 0.270 e. The topological polar surface area (TPSA) is 55.6 Å². The summed E-state index contributed by atoms with van der Waals surface area (Å²) in [6.07, 6.45) is 8.66. The molecule has 3 aliphatic rings. The Labute approximate surface area is 152 Å². The van der Waals surface area contributed by atoms with Crippen molar-refractivity contribution in [1.82, 2.24) is 0 Å². The lowest BCUT2D eigenvalue weighted by Gasteiger charge is -2.47. The van der Waals surface area contributed by atoms with Crippen molar-refractivity contribution in [3.63, 3.8) is 0 Å². The highest BCUT2D eigenvalue weighted by molar-refractivity contribution is 5.73. The summed E-state index contributed by atoms with van der Waals surface area (Å²) in [5.74, 6) is 0.712. The summed E-state index contributed by atoms with van der Waals surface area (Å²) >= 11 is 0. The Balaban J connectivity index is 1.68. The molecule has 1 saturated carbocycles. The number of non-ortho nitro benzene ring substituents is 1. The van der Waals surface area contributed by atoms with Gasteiger partial charge >= 0.3 is 0 Å². The zero-order valence-electron chi connectivity index (χ0n) is 14.6. The summed E-state index contributed by atoms with van der Waals surface area (Å²) in [5.41, 5.74) is 2.78. The van der Waals surface area contributed by atoms with E-state index in [4.69, 9.17) is 4.74 Å². The molecule has 26 heavy (non-hydrogen) atoms. The van der Waals surface area contributed by atoms with Crippen LogP contribution in [-0.4, -0.2) is 17.7 Å². The van der Waals surface area contributed by atoms with Crippen molar-refractivity contribution in [1.29, 1.82) is 0 Å². The molecule has 2 aromatic rings. The molecular formula is C21H20N2O3. The third-order valence-electron chi connectivity index (χ3n) is 6.38. The highest BCUT2D eigenvalue weighted by atomic mass is 16.6. The monoisotopic (exact) mass is 348 g/mol. The van der Waals surface area contributed by atoms with Crippen molar-refractivity contribution in [3.05, 3.63) is 69.8 Å². The number of hydrogen-bond acceptors (Lipinski definition) is 4. The number of rotatable bonds is 1. The predicted molar refractivity (Wildman–Crippen MR) is 100 cm³/mol. The Kier molecular flexibility index (Phi) is 3.03. The van der Waals surface area contributed by atoms with E-state index in [1.807, 2.05) is 6.08 Å². The summed E-state index contributed by atoms with van der Waals surface area (Å²) in [4.78, 5) is 13.0. The van der Waals surface area contributed by atoms with Crippen LogP contribution in [0, 0.1) is 10.1 Å². The number of nitrogens with zero attached hydrogens (tertiary/aromatic N) is 2. The van der Waals surface area contributed by atoms with Crippen LogP contribution < -0.4 is 9.64 Å². The molecule has 2 aliphatic heterocycles. The van der Waals surface area contributed by atoms with Crippen LogP contribution in [0.2, 0.25) is 0 Å². The van der Waals surface area contributed by atoms with Crippen LogP contribution in [-0.2, 0) is 5.41 Å². The molecule has 2 heterocycles. The predicted octanol–water partition coefficient (Wildman–Crippen LogP) is 4.66. The minimum atomic E-state index is -0.573. The van der Waals surface area contributed by atoms with Gasteiger partial charge in [-0.3, -0.25) is 10.1 Å². The fourth-order valence-corrected chi connectivity index (χ4v) is 5.18. The third kappa shape index (κ3) is 1.75. The van der Waals surface area contributed by atoms with E-state index < -0.39 is 5.72 Å². The van der Waals surface area contributed by atoms with Crippen molar-refractivity contribution in [2.24, 2.45) is 0 Å². The second kappa shape index (κ2) is 5.10. The van der Waals surface area contributed by atoms with Gasteiger partial charge in [0.1, 0.15) is 5.75 Å². The van der Waals surface area contributed by atoms with Gasteiger partial charge in [-0.05, 0) is 42.7 Å².